The number of rotatable bonds is 11. The highest BCUT2D eigenvalue weighted by atomic mass is 16.5. The molecule has 3 aromatic carbocycles. The fraction of sp³-hybridized carbons (Fsp3) is 0.154. The summed E-state index contributed by atoms with van der Waals surface area (Å²) < 4.78 is 11.8. The molecule has 0 atom stereocenters. The van der Waals surface area contributed by atoms with Crippen molar-refractivity contribution in [3.8, 4) is 11.5 Å². The van der Waals surface area contributed by atoms with Crippen molar-refractivity contribution in [2.75, 3.05) is 6.61 Å². The Morgan fingerprint density at radius 2 is 1.52 bits per heavy atom. The molecule has 166 valence electrons. The number of pyridine rings is 1. The van der Waals surface area contributed by atoms with Crippen molar-refractivity contribution in [2.24, 2.45) is 15.4 Å². The van der Waals surface area contributed by atoms with Gasteiger partial charge in [-0.1, -0.05) is 53.8 Å². The van der Waals surface area contributed by atoms with Crippen LogP contribution in [0.25, 0.3) is 10.9 Å². The summed E-state index contributed by atoms with van der Waals surface area (Å²) >= 11 is 0. The van der Waals surface area contributed by atoms with E-state index in [9.17, 15) is 0 Å². The lowest BCUT2D eigenvalue weighted by atomic mass is 10.1. The van der Waals surface area contributed by atoms with E-state index in [1.807, 2.05) is 60.7 Å². The number of nitrogens with zero attached hydrogens (tertiary/aromatic N) is 4. The van der Waals surface area contributed by atoms with Gasteiger partial charge < -0.3 is 9.47 Å². The maximum absolute atomic E-state index is 5.90. The van der Waals surface area contributed by atoms with Crippen LogP contribution in [0.1, 0.15) is 16.8 Å². The van der Waals surface area contributed by atoms with Crippen LogP contribution in [0.2, 0.25) is 0 Å². The van der Waals surface area contributed by atoms with E-state index in [0.29, 0.717) is 19.8 Å². The summed E-state index contributed by atoms with van der Waals surface area (Å²) in [6.07, 6.45) is 0.808. The van der Waals surface area contributed by atoms with E-state index in [1.54, 1.807) is 0 Å². The Morgan fingerprint density at radius 3 is 2.30 bits per heavy atom. The molecule has 0 saturated heterocycles. The second kappa shape index (κ2) is 11.4. The molecule has 7 nitrogen and oxygen atoms in total. The number of ether oxygens (including phenoxy) is 2. The Hall–Kier alpha value is -4.26. The van der Waals surface area contributed by atoms with Gasteiger partial charge in [0.05, 0.1) is 24.4 Å². The van der Waals surface area contributed by atoms with Gasteiger partial charge >= 0.3 is 0 Å². The Morgan fingerprint density at radius 1 is 0.788 bits per heavy atom. The highest BCUT2D eigenvalue weighted by molar-refractivity contribution is 5.78. The van der Waals surface area contributed by atoms with E-state index in [-0.39, 0.29) is 0 Å². The second-order valence-corrected chi connectivity index (χ2v) is 7.33. The highest BCUT2D eigenvalue weighted by Gasteiger charge is 2.02. The zero-order valence-corrected chi connectivity index (χ0v) is 18.2. The molecule has 0 amide bonds. The predicted octanol–water partition coefficient (Wildman–Crippen LogP) is 5.51. The molecule has 0 bridgehead atoms. The minimum absolute atomic E-state index is 0.437. The van der Waals surface area contributed by atoms with Crippen LogP contribution in [-0.2, 0) is 19.6 Å². The van der Waals surface area contributed by atoms with Crippen LogP contribution in [-0.4, -0.2) is 18.3 Å². The Kier molecular flexibility index (Phi) is 7.57. The van der Waals surface area contributed by atoms with Crippen LogP contribution in [0.5, 0.6) is 11.5 Å². The fourth-order valence-electron chi connectivity index (χ4n) is 3.26. The summed E-state index contributed by atoms with van der Waals surface area (Å²) in [7, 11) is 0. The number of aromatic nitrogens is 1. The molecule has 1 heterocycles. The summed E-state index contributed by atoms with van der Waals surface area (Å²) in [5.41, 5.74) is 6.44. The van der Waals surface area contributed by atoms with Gasteiger partial charge in [-0.05, 0) is 47.5 Å². The van der Waals surface area contributed by atoms with E-state index in [1.165, 1.54) is 5.56 Å². The first-order chi connectivity index (χ1) is 16.3. The van der Waals surface area contributed by atoms with Crippen LogP contribution in [0.3, 0.4) is 0 Å². The van der Waals surface area contributed by atoms with Crippen molar-refractivity contribution in [1.82, 2.24) is 10.5 Å². The lowest BCUT2D eigenvalue weighted by Gasteiger charge is -2.09. The van der Waals surface area contributed by atoms with E-state index in [4.69, 9.17) is 9.47 Å². The first-order valence-electron chi connectivity index (χ1n) is 10.7. The quantitative estimate of drug-likeness (QED) is 0.190. The van der Waals surface area contributed by atoms with Crippen LogP contribution in [0.4, 0.5) is 0 Å². The van der Waals surface area contributed by atoms with Crippen LogP contribution in [0, 0.1) is 0 Å². The third kappa shape index (κ3) is 6.61. The Bertz CT molecular complexity index is 1210. The summed E-state index contributed by atoms with van der Waals surface area (Å²) in [5, 5.41) is 12.1. The third-order valence-electron chi connectivity index (χ3n) is 4.99. The number of para-hydroxylation sites is 1. The standard InChI is InChI=1S/C26H25N5O2/c1-27-30-31-28-18-21-8-14-24(15-9-21)32-17-16-20-6-12-25(13-7-20)33-19-23-11-10-22-4-2-3-5-26(22)29-23/h2-15H,1,16-19H2,(H,28,30). The number of benzene rings is 3. The van der Waals surface area contributed by atoms with Crippen LogP contribution >= 0.6 is 0 Å². The van der Waals surface area contributed by atoms with Crippen molar-refractivity contribution in [3.63, 3.8) is 0 Å². The summed E-state index contributed by atoms with van der Waals surface area (Å²) in [5.74, 6) is 1.64. The fourth-order valence-corrected chi connectivity index (χ4v) is 3.26. The van der Waals surface area contributed by atoms with E-state index < -0.39 is 0 Å². The maximum atomic E-state index is 5.90. The van der Waals surface area contributed by atoms with Gasteiger partial charge in [0.2, 0.25) is 0 Å². The molecule has 1 N–H and O–H groups in total. The normalized spacial score (nSPS) is 10.9. The Balaban J connectivity index is 1.21. The second-order valence-electron chi connectivity index (χ2n) is 7.33. The molecule has 0 aliphatic heterocycles. The minimum atomic E-state index is 0.437. The van der Waals surface area contributed by atoms with Gasteiger partial charge in [-0.3, -0.25) is 0 Å². The zero-order chi connectivity index (χ0) is 22.7. The van der Waals surface area contributed by atoms with Crippen molar-refractivity contribution in [2.45, 2.75) is 19.6 Å². The molecule has 0 aliphatic rings. The van der Waals surface area contributed by atoms with Gasteiger partial charge in [0.1, 0.15) is 18.1 Å². The smallest absolute Gasteiger partial charge is 0.130 e. The molecule has 1 aromatic heterocycles. The lowest BCUT2D eigenvalue weighted by molar-refractivity contribution is 0.301. The molecule has 0 radical (unpaired) electrons. The van der Waals surface area contributed by atoms with Gasteiger partial charge in [-0.15, -0.1) is 0 Å². The van der Waals surface area contributed by atoms with Crippen molar-refractivity contribution >= 4 is 17.6 Å². The SMILES string of the molecule is C=NNN=NCc1ccc(OCCc2ccc(OCc3ccc4ccccc4n3)cc2)cc1. The average molecular weight is 440 g/mol. The first kappa shape index (κ1) is 22.0. The van der Waals surface area contributed by atoms with Gasteiger partial charge in [0.25, 0.3) is 0 Å². The van der Waals surface area contributed by atoms with Crippen LogP contribution in [0.15, 0.2) is 100 Å². The third-order valence-corrected chi connectivity index (χ3v) is 4.99. The van der Waals surface area contributed by atoms with Gasteiger partial charge in [-0.25, -0.2) is 4.98 Å². The van der Waals surface area contributed by atoms with Crippen molar-refractivity contribution < 1.29 is 9.47 Å². The summed E-state index contributed by atoms with van der Waals surface area (Å²) in [6, 6.07) is 28.0. The molecule has 0 aliphatic carbocycles. The molecule has 0 fully saturated rings. The lowest BCUT2D eigenvalue weighted by Crippen LogP contribution is -2.02. The largest absolute Gasteiger partial charge is 0.493 e. The molecule has 4 aromatic rings. The molecule has 0 unspecified atom stereocenters. The molecular formula is C26H25N5O2. The monoisotopic (exact) mass is 439 g/mol. The highest BCUT2D eigenvalue weighted by Crippen LogP contribution is 2.17. The van der Waals surface area contributed by atoms with E-state index in [2.05, 4.69) is 56.9 Å². The molecule has 0 spiro atoms. The predicted molar refractivity (Wildman–Crippen MR) is 129 cm³/mol. The topological polar surface area (TPSA) is 80.5 Å². The number of hydrogen-bond donors (Lipinski definition) is 1. The molecule has 4 rings (SSSR count). The molecule has 0 saturated carbocycles. The average Bonchev–Trinajstić information content (AvgIpc) is 2.87. The molecule has 7 heteroatoms. The van der Waals surface area contributed by atoms with Crippen LogP contribution < -0.4 is 15.0 Å². The van der Waals surface area contributed by atoms with Crippen molar-refractivity contribution in [1.29, 1.82) is 0 Å². The summed E-state index contributed by atoms with van der Waals surface area (Å²) in [4.78, 5) is 4.64. The molecule has 33 heavy (non-hydrogen) atoms. The van der Waals surface area contributed by atoms with Crippen molar-refractivity contribution in [3.05, 3.63) is 102 Å². The first-order valence-corrected chi connectivity index (χ1v) is 10.7. The Labute approximate surface area is 192 Å². The maximum Gasteiger partial charge on any atom is 0.130 e. The number of hydrogen-bond acceptors (Lipinski definition) is 6. The van der Waals surface area contributed by atoms with Gasteiger partial charge in [0.15, 0.2) is 0 Å². The van der Waals surface area contributed by atoms with Gasteiger partial charge in [0, 0.05) is 18.5 Å². The number of hydrazone groups is 1. The van der Waals surface area contributed by atoms with Gasteiger partial charge in [-0.2, -0.15) is 15.8 Å². The summed E-state index contributed by atoms with van der Waals surface area (Å²) in [6.45, 7) is 4.76. The zero-order valence-electron chi connectivity index (χ0n) is 18.2. The number of nitrogens with one attached hydrogen (secondary N) is 1. The molecular weight excluding hydrogens is 414 g/mol. The number of fused-ring (bicyclic) bond motifs is 1. The van der Waals surface area contributed by atoms with E-state index in [0.717, 1.165) is 40.1 Å². The van der Waals surface area contributed by atoms with E-state index >= 15 is 0 Å². The minimum Gasteiger partial charge on any atom is -0.493 e.